The highest BCUT2D eigenvalue weighted by atomic mass is 32.1. The predicted octanol–water partition coefficient (Wildman–Crippen LogP) is 3.17. The van der Waals surface area contributed by atoms with Crippen LogP contribution in [0.1, 0.15) is 29.7 Å². The Morgan fingerprint density at radius 1 is 1.12 bits per heavy atom. The first-order valence-electron chi connectivity index (χ1n) is 8.41. The van der Waals surface area contributed by atoms with E-state index in [4.69, 9.17) is 0 Å². The van der Waals surface area contributed by atoms with Gasteiger partial charge < -0.3 is 10.2 Å². The molecular formula is C19H22N2O2S. The number of nitrogens with one attached hydrogen (secondary N) is 1. The summed E-state index contributed by atoms with van der Waals surface area (Å²) in [7, 11) is 0. The van der Waals surface area contributed by atoms with E-state index >= 15 is 0 Å². The molecule has 2 heterocycles. The van der Waals surface area contributed by atoms with Gasteiger partial charge in [-0.15, -0.1) is 11.3 Å². The van der Waals surface area contributed by atoms with Crippen molar-refractivity contribution in [3.63, 3.8) is 0 Å². The number of carbonyl (C=O) groups excluding carboxylic acids is 2. The van der Waals surface area contributed by atoms with E-state index in [-0.39, 0.29) is 18.4 Å². The minimum Gasteiger partial charge on any atom is -0.347 e. The largest absolute Gasteiger partial charge is 0.347 e. The maximum Gasteiger partial charge on any atom is 0.246 e. The van der Waals surface area contributed by atoms with Gasteiger partial charge in [-0.3, -0.25) is 9.59 Å². The lowest BCUT2D eigenvalue weighted by molar-refractivity contribution is -0.125. The average molecular weight is 342 g/mol. The van der Waals surface area contributed by atoms with Crippen LogP contribution in [0.2, 0.25) is 0 Å². The average Bonchev–Trinajstić information content (AvgIpc) is 3.26. The molecule has 2 aromatic rings. The van der Waals surface area contributed by atoms with Gasteiger partial charge in [0.2, 0.25) is 11.8 Å². The van der Waals surface area contributed by atoms with E-state index in [1.165, 1.54) is 10.4 Å². The Morgan fingerprint density at radius 2 is 2.00 bits per heavy atom. The van der Waals surface area contributed by atoms with Crippen molar-refractivity contribution in [2.45, 2.75) is 32.1 Å². The molecule has 0 unspecified atom stereocenters. The fourth-order valence-electron chi connectivity index (χ4n) is 2.99. The number of unbranched alkanes of at least 4 members (excludes halogenated alkanes) is 1. The first-order valence-corrected chi connectivity index (χ1v) is 9.29. The minimum atomic E-state index is -0.0398. The molecule has 1 aliphatic heterocycles. The van der Waals surface area contributed by atoms with Gasteiger partial charge in [0, 0.05) is 23.5 Å². The van der Waals surface area contributed by atoms with E-state index in [0.717, 1.165) is 31.4 Å². The zero-order chi connectivity index (χ0) is 16.8. The summed E-state index contributed by atoms with van der Waals surface area (Å²) in [5, 5.41) is 4.83. The van der Waals surface area contributed by atoms with Gasteiger partial charge in [0.25, 0.3) is 0 Å². The molecule has 0 saturated heterocycles. The van der Waals surface area contributed by atoms with Crippen molar-refractivity contribution in [3.8, 4) is 0 Å². The van der Waals surface area contributed by atoms with E-state index in [2.05, 4.69) is 28.9 Å². The van der Waals surface area contributed by atoms with Gasteiger partial charge in [-0.25, -0.2) is 0 Å². The van der Waals surface area contributed by atoms with Crippen molar-refractivity contribution in [2.75, 3.05) is 18.0 Å². The van der Waals surface area contributed by atoms with E-state index in [1.807, 2.05) is 18.2 Å². The third-order valence-corrected chi connectivity index (χ3v) is 5.22. The molecule has 4 nitrogen and oxygen atoms in total. The van der Waals surface area contributed by atoms with Crippen molar-refractivity contribution in [1.29, 1.82) is 0 Å². The highest BCUT2D eigenvalue weighted by Crippen LogP contribution is 2.27. The maximum absolute atomic E-state index is 12.3. The van der Waals surface area contributed by atoms with E-state index < -0.39 is 0 Å². The summed E-state index contributed by atoms with van der Waals surface area (Å²) >= 11 is 1.75. The second kappa shape index (κ2) is 8.11. The Labute approximate surface area is 146 Å². The quantitative estimate of drug-likeness (QED) is 0.786. The van der Waals surface area contributed by atoms with Crippen LogP contribution < -0.4 is 10.2 Å². The molecule has 126 valence electrons. The van der Waals surface area contributed by atoms with Crippen LogP contribution in [0.15, 0.2) is 41.8 Å². The molecule has 5 heteroatoms. The Morgan fingerprint density at radius 3 is 2.83 bits per heavy atom. The number of benzene rings is 1. The summed E-state index contributed by atoms with van der Waals surface area (Å²) in [6, 6.07) is 12.1. The predicted molar refractivity (Wildman–Crippen MR) is 97.4 cm³/mol. The molecule has 3 rings (SSSR count). The lowest BCUT2D eigenvalue weighted by Gasteiger charge is -2.17. The number of para-hydroxylation sites is 1. The molecule has 0 fully saturated rings. The molecule has 0 spiro atoms. The minimum absolute atomic E-state index is 0.0353. The van der Waals surface area contributed by atoms with E-state index in [1.54, 1.807) is 16.2 Å². The Bertz CT molecular complexity index is 697. The Balaban J connectivity index is 1.36. The number of aryl methyl sites for hydroxylation is 1. The lowest BCUT2D eigenvalue weighted by Crippen LogP contribution is -2.39. The van der Waals surface area contributed by atoms with Gasteiger partial charge in [-0.1, -0.05) is 24.3 Å². The number of hydrogen-bond acceptors (Lipinski definition) is 3. The monoisotopic (exact) mass is 342 g/mol. The fraction of sp³-hybridized carbons (Fsp3) is 0.368. The third-order valence-electron chi connectivity index (χ3n) is 4.28. The SMILES string of the molecule is O=C(CCCCc1cccs1)NCC(=O)N1CCc2ccccc21. The number of carbonyl (C=O) groups is 2. The van der Waals surface area contributed by atoms with E-state index in [0.29, 0.717) is 13.0 Å². The van der Waals surface area contributed by atoms with Gasteiger partial charge in [-0.2, -0.15) is 0 Å². The topological polar surface area (TPSA) is 49.4 Å². The van der Waals surface area contributed by atoms with Crippen molar-refractivity contribution in [3.05, 3.63) is 52.2 Å². The molecule has 1 aromatic carbocycles. The summed E-state index contributed by atoms with van der Waals surface area (Å²) in [5.41, 5.74) is 2.18. The van der Waals surface area contributed by atoms with E-state index in [9.17, 15) is 9.59 Å². The number of thiophene rings is 1. The zero-order valence-electron chi connectivity index (χ0n) is 13.7. The second-order valence-corrected chi connectivity index (χ2v) is 7.02. The van der Waals surface area contributed by atoms with Crippen LogP contribution in [-0.2, 0) is 22.4 Å². The summed E-state index contributed by atoms with van der Waals surface area (Å²) in [6.07, 6.45) is 4.24. The second-order valence-electron chi connectivity index (χ2n) is 5.99. The number of hydrogen-bond donors (Lipinski definition) is 1. The number of nitrogens with zero attached hydrogens (tertiary/aromatic N) is 1. The number of amides is 2. The number of anilines is 1. The zero-order valence-corrected chi connectivity index (χ0v) is 14.5. The number of fused-ring (bicyclic) bond motifs is 1. The molecule has 0 atom stereocenters. The van der Waals surface area contributed by atoms with Crippen LogP contribution in [0.5, 0.6) is 0 Å². The van der Waals surface area contributed by atoms with Crippen LogP contribution in [0.3, 0.4) is 0 Å². The molecule has 1 aromatic heterocycles. The molecule has 24 heavy (non-hydrogen) atoms. The molecule has 0 saturated carbocycles. The first-order chi connectivity index (χ1) is 11.7. The van der Waals surface area contributed by atoms with Gasteiger partial charge in [0.05, 0.1) is 6.54 Å². The van der Waals surface area contributed by atoms with Crippen LogP contribution in [0.4, 0.5) is 5.69 Å². The highest BCUT2D eigenvalue weighted by Gasteiger charge is 2.23. The smallest absolute Gasteiger partial charge is 0.246 e. The third kappa shape index (κ3) is 4.23. The maximum atomic E-state index is 12.3. The van der Waals surface area contributed by atoms with Gasteiger partial charge >= 0.3 is 0 Å². The normalized spacial score (nSPS) is 12.9. The van der Waals surface area contributed by atoms with Crippen molar-refractivity contribution in [1.82, 2.24) is 5.32 Å². The van der Waals surface area contributed by atoms with Crippen LogP contribution in [0.25, 0.3) is 0 Å². The summed E-state index contributed by atoms with van der Waals surface area (Å²) in [4.78, 5) is 27.3. The summed E-state index contributed by atoms with van der Waals surface area (Å²) in [5.74, 6) is -0.0751. The molecule has 1 aliphatic rings. The first kappa shape index (κ1) is 16.7. The van der Waals surface area contributed by atoms with Gasteiger partial charge in [0.1, 0.15) is 0 Å². The van der Waals surface area contributed by atoms with Crippen molar-refractivity contribution < 1.29 is 9.59 Å². The molecule has 1 N–H and O–H groups in total. The van der Waals surface area contributed by atoms with Crippen LogP contribution >= 0.6 is 11.3 Å². The van der Waals surface area contributed by atoms with Crippen molar-refractivity contribution >= 4 is 28.8 Å². The lowest BCUT2D eigenvalue weighted by atomic mass is 10.1. The van der Waals surface area contributed by atoms with Gasteiger partial charge in [-0.05, 0) is 48.8 Å². The summed E-state index contributed by atoms with van der Waals surface area (Å²) < 4.78 is 0. The molecular weight excluding hydrogens is 320 g/mol. The molecule has 0 aliphatic carbocycles. The molecule has 2 amide bonds. The standard InChI is InChI=1S/C19H22N2O2S/c22-18(10-4-2-7-16-8-5-13-24-16)20-14-19(23)21-12-11-15-6-1-3-9-17(15)21/h1,3,5-6,8-9,13H,2,4,7,10-12,14H2,(H,20,22). The molecule has 0 bridgehead atoms. The molecule has 0 radical (unpaired) electrons. The highest BCUT2D eigenvalue weighted by molar-refractivity contribution is 7.09. The van der Waals surface area contributed by atoms with Gasteiger partial charge in [0.15, 0.2) is 0 Å². The fourth-order valence-corrected chi connectivity index (χ4v) is 3.75. The summed E-state index contributed by atoms with van der Waals surface area (Å²) in [6.45, 7) is 0.785. The number of rotatable bonds is 7. The Hall–Kier alpha value is -2.14. The van der Waals surface area contributed by atoms with Crippen molar-refractivity contribution in [2.24, 2.45) is 0 Å². The van der Waals surface area contributed by atoms with Crippen LogP contribution in [0, 0.1) is 0 Å². The van der Waals surface area contributed by atoms with Crippen LogP contribution in [-0.4, -0.2) is 24.9 Å². The Kier molecular flexibility index (Phi) is 5.64.